The molecule has 0 aromatic heterocycles. The van der Waals surface area contributed by atoms with E-state index >= 15 is 0 Å². The second kappa shape index (κ2) is 12.5. The molecular weight excluding hydrogens is 372 g/mol. The molecule has 0 heterocycles. The summed E-state index contributed by atoms with van der Waals surface area (Å²) in [5.74, 6) is 0.277. The zero-order valence-electron chi connectivity index (χ0n) is 16.2. The number of ether oxygens (including phenoxy) is 3. The van der Waals surface area contributed by atoms with Gasteiger partial charge in [-0.25, -0.2) is 4.79 Å². The number of alkyl halides is 1. The standard InChI is InChI=1S/C19H29ClN2O5/c1-19(2,3)27-18(24)22-9-11-26-13-12-25-10-8-21-17(23)16-6-4-15(14-20)5-7-16/h4-7H,8-14H2,1-3H3,(H,21,23)(H,22,24). The maximum Gasteiger partial charge on any atom is 0.407 e. The van der Waals surface area contributed by atoms with E-state index in [0.29, 0.717) is 51.0 Å². The summed E-state index contributed by atoms with van der Waals surface area (Å²) in [6.45, 7) is 7.78. The van der Waals surface area contributed by atoms with Crippen LogP contribution in [0.15, 0.2) is 24.3 Å². The van der Waals surface area contributed by atoms with Crippen molar-refractivity contribution in [1.29, 1.82) is 0 Å². The van der Waals surface area contributed by atoms with E-state index in [9.17, 15) is 9.59 Å². The highest BCUT2D eigenvalue weighted by atomic mass is 35.5. The van der Waals surface area contributed by atoms with Gasteiger partial charge in [0.1, 0.15) is 5.60 Å². The van der Waals surface area contributed by atoms with Crippen molar-refractivity contribution in [3.05, 3.63) is 35.4 Å². The van der Waals surface area contributed by atoms with Gasteiger partial charge in [-0.3, -0.25) is 4.79 Å². The Hall–Kier alpha value is -1.83. The lowest BCUT2D eigenvalue weighted by Crippen LogP contribution is -2.34. The predicted octanol–water partition coefficient (Wildman–Crippen LogP) is 2.71. The monoisotopic (exact) mass is 400 g/mol. The summed E-state index contributed by atoms with van der Waals surface area (Å²) in [6, 6.07) is 7.14. The van der Waals surface area contributed by atoms with Crippen molar-refractivity contribution in [2.45, 2.75) is 32.3 Å². The van der Waals surface area contributed by atoms with Crippen molar-refractivity contribution >= 4 is 23.6 Å². The van der Waals surface area contributed by atoms with Crippen LogP contribution in [-0.2, 0) is 20.1 Å². The molecule has 0 aliphatic heterocycles. The fourth-order valence-electron chi connectivity index (χ4n) is 1.95. The largest absolute Gasteiger partial charge is 0.444 e. The topological polar surface area (TPSA) is 85.9 Å². The second-order valence-corrected chi connectivity index (χ2v) is 7.01. The van der Waals surface area contributed by atoms with Gasteiger partial charge in [-0.2, -0.15) is 0 Å². The number of benzene rings is 1. The Balaban J connectivity index is 1.97. The molecule has 1 rings (SSSR count). The zero-order valence-corrected chi connectivity index (χ0v) is 16.9. The van der Waals surface area contributed by atoms with Crippen LogP contribution in [0, 0.1) is 0 Å². The van der Waals surface area contributed by atoms with Crippen molar-refractivity contribution in [2.24, 2.45) is 0 Å². The van der Waals surface area contributed by atoms with Crippen molar-refractivity contribution in [2.75, 3.05) is 39.5 Å². The third kappa shape index (κ3) is 11.5. The summed E-state index contributed by atoms with van der Waals surface area (Å²) in [5, 5.41) is 5.38. The summed E-state index contributed by atoms with van der Waals surface area (Å²) >= 11 is 5.72. The Kier molecular flexibility index (Phi) is 10.8. The number of nitrogens with one attached hydrogen (secondary N) is 2. The van der Waals surface area contributed by atoms with Crippen molar-refractivity contribution < 1.29 is 23.8 Å². The lowest BCUT2D eigenvalue weighted by molar-refractivity contribution is 0.0400. The van der Waals surface area contributed by atoms with Gasteiger partial charge in [0.2, 0.25) is 0 Å². The van der Waals surface area contributed by atoms with Gasteiger partial charge in [0, 0.05) is 24.5 Å². The summed E-state index contributed by atoms with van der Waals surface area (Å²) in [5.41, 5.74) is 1.05. The average Bonchev–Trinajstić information content (AvgIpc) is 2.61. The molecule has 7 nitrogen and oxygen atoms in total. The van der Waals surface area contributed by atoms with Gasteiger partial charge in [-0.1, -0.05) is 12.1 Å². The van der Waals surface area contributed by atoms with E-state index in [-0.39, 0.29) is 5.91 Å². The molecular formula is C19H29ClN2O5. The fraction of sp³-hybridized carbons (Fsp3) is 0.579. The van der Waals surface area contributed by atoms with Crippen LogP contribution in [0.4, 0.5) is 4.79 Å². The quantitative estimate of drug-likeness (QED) is 0.440. The third-order valence-electron chi connectivity index (χ3n) is 3.19. The molecule has 0 spiro atoms. The Morgan fingerprint density at radius 1 is 0.926 bits per heavy atom. The summed E-state index contributed by atoms with van der Waals surface area (Å²) in [4.78, 5) is 23.3. The van der Waals surface area contributed by atoms with Gasteiger partial charge in [0.15, 0.2) is 0 Å². The van der Waals surface area contributed by atoms with Crippen LogP contribution in [-0.4, -0.2) is 57.1 Å². The molecule has 2 amide bonds. The number of halogens is 1. The van der Waals surface area contributed by atoms with Gasteiger partial charge in [-0.05, 0) is 38.5 Å². The van der Waals surface area contributed by atoms with Crippen LogP contribution in [0.25, 0.3) is 0 Å². The number of carbonyl (C=O) groups excluding carboxylic acids is 2. The van der Waals surface area contributed by atoms with E-state index in [1.165, 1.54) is 0 Å². The van der Waals surface area contributed by atoms with Crippen molar-refractivity contribution in [3.63, 3.8) is 0 Å². The number of hydrogen-bond donors (Lipinski definition) is 2. The lowest BCUT2D eigenvalue weighted by Gasteiger charge is -2.19. The highest BCUT2D eigenvalue weighted by Gasteiger charge is 2.15. The van der Waals surface area contributed by atoms with E-state index in [2.05, 4.69) is 10.6 Å². The van der Waals surface area contributed by atoms with Crippen molar-refractivity contribution in [3.8, 4) is 0 Å². The normalized spacial score (nSPS) is 11.1. The molecule has 0 unspecified atom stereocenters. The number of alkyl carbamates (subject to hydrolysis) is 1. The average molecular weight is 401 g/mol. The minimum atomic E-state index is -0.512. The molecule has 0 atom stereocenters. The molecule has 152 valence electrons. The van der Waals surface area contributed by atoms with Gasteiger partial charge in [0.05, 0.1) is 26.4 Å². The van der Waals surface area contributed by atoms with Crippen LogP contribution in [0.5, 0.6) is 0 Å². The molecule has 0 saturated heterocycles. The molecule has 0 fully saturated rings. The Labute approximate surface area is 165 Å². The smallest absolute Gasteiger partial charge is 0.407 e. The van der Waals surface area contributed by atoms with Crippen molar-refractivity contribution in [1.82, 2.24) is 10.6 Å². The van der Waals surface area contributed by atoms with E-state index in [1.807, 2.05) is 12.1 Å². The van der Waals surface area contributed by atoms with Crippen LogP contribution >= 0.6 is 11.6 Å². The van der Waals surface area contributed by atoms with E-state index in [0.717, 1.165) is 5.56 Å². The molecule has 0 bridgehead atoms. The van der Waals surface area contributed by atoms with Crippen LogP contribution in [0.2, 0.25) is 0 Å². The van der Waals surface area contributed by atoms with E-state index in [1.54, 1.807) is 32.9 Å². The molecule has 0 aliphatic carbocycles. The maximum atomic E-state index is 11.9. The van der Waals surface area contributed by atoms with Crippen LogP contribution in [0.3, 0.4) is 0 Å². The minimum Gasteiger partial charge on any atom is -0.444 e. The number of hydrogen-bond acceptors (Lipinski definition) is 5. The fourth-order valence-corrected chi connectivity index (χ4v) is 2.12. The first-order chi connectivity index (χ1) is 12.8. The Bertz CT molecular complexity index is 572. The van der Waals surface area contributed by atoms with Gasteiger partial charge < -0.3 is 24.8 Å². The lowest BCUT2D eigenvalue weighted by atomic mass is 10.1. The summed E-state index contributed by atoms with van der Waals surface area (Å²) < 4.78 is 15.8. The number of amides is 2. The second-order valence-electron chi connectivity index (χ2n) is 6.74. The SMILES string of the molecule is CC(C)(C)OC(=O)NCCOCCOCCNC(=O)c1ccc(CCl)cc1. The maximum absolute atomic E-state index is 11.9. The van der Waals surface area contributed by atoms with Crippen LogP contribution < -0.4 is 10.6 Å². The molecule has 1 aromatic rings. The molecule has 8 heteroatoms. The summed E-state index contributed by atoms with van der Waals surface area (Å²) in [7, 11) is 0. The molecule has 0 radical (unpaired) electrons. The highest BCUT2D eigenvalue weighted by molar-refractivity contribution is 6.17. The van der Waals surface area contributed by atoms with Gasteiger partial charge in [-0.15, -0.1) is 11.6 Å². The third-order valence-corrected chi connectivity index (χ3v) is 3.50. The zero-order chi connectivity index (χ0) is 20.1. The summed E-state index contributed by atoms with van der Waals surface area (Å²) in [6.07, 6.45) is -0.463. The first-order valence-electron chi connectivity index (χ1n) is 8.87. The van der Waals surface area contributed by atoms with E-state index < -0.39 is 11.7 Å². The predicted molar refractivity (Wildman–Crippen MR) is 104 cm³/mol. The molecule has 27 heavy (non-hydrogen) atoms. The Morgan fingerprint density at radius 2 is 1.48 bits per heavy atom. The molecule has 1 aromatic carbocycles. The first kappa shape index (κ1) is 23.2. The number of carbonyl (C=O) groups is 2. The molecule has 2 N–H and O–H groups in total. The highest BCUT2D eigenvalue weighted by Crippen LogP contribution is 2.07. The van der Waals surface area contributed by atoms with E-state index in [4.69, 9.17) is 25.8 Å². The molecule has 0 saturated carbocycles. The van der Waals surface area contributed by atoms with Gasteiger partial charge in [0.25, 0.3) is 5.91 Å². The number of rotatable bonds is 11. The molecule has 0 aliphatic rings. The van der Waals surface area contributed by atoms with Crippen LogP contribution in [0.1, 0.15) is 36.7 Å². The Morgan fingerprint density at radius 3 is 2.00 bits per heavy atom. The minimum absolute atomic E-state index is 0.149. The first-order valence-corrected chi connectivity index (χ1v) is 9.41. The van der Waals surface area contributed by atoms with Gasteiger partial charge >= 0.3 is 6.09 Å².